The largest absolute Gasteiger partial charge is 0.322 e. The van der Waals surface area contributed by atoms with Crippen molar-refractivity contribution >= 4 is 45.1 Å². The number of benzene rings is 2. The van der Waals surface area contributed by atoms with E-state index >= 15 is 0 Å². The predicted molar refractivity (Wildman–Crippen MR) is 119 cm³/mol. The fourth-order valence-corrected chi connectivity index (χ4v) is 7.07. The van der Waals surface area contributed by atoms with E-state index in [2.05, 4.69) is 10.0 Å². The Morgan fingerprint density at radius 3 is 2.29 bits per heavy atom. The van der Waals surface area contributed by atoms with Crippen LogP contribution in [-0.4, -0.2) is 31.4 Å². The second kappa shape index (κ2) is 8.49. The molecule has 1 saturated heterocycles. The van der Waals surface area contributed by atoms with Gasteiger partial charge in [0.05, 0.1) is 9.48 Å². The molecule has 1 fully saturated rings. The van der Waals surface area contributed by atoms with Crippen LogP contribution in [0.4, 0.5) is 5.69 Å². The molecule has 1 amide bonds. The topological polar surface area (TPSA) is 75.3 Å². The number of rotatable bonds is 5. The van der Waals surface area contributed by atoms with Gasteiger partial charge in [0.2, 0.25) is 10.0 Å². The first-order valence-corrected chi connectivity index (χ1v) is 12.5. The van der Waals surface area contributed by atoms with Crippen LogP contribution in [-0.2, 0) is 10.0 Å². The molecule has 0 saturated carbocycles. The zero-order valence-electron chi connectivity index (χ0n) is 16.1. The van der Waals surface area contributed by atoms with E-state index in [9.17, 15) is 13.2 Å². The van der Waals surface area contributed by atoms with Crippen LogP contribution in [0.15, 0.2) is 53.4 Å². The third-order valence-corrected chi connectivity index (χ3v) is 8.77. The summed E-state index contributed by atoms with van der Waals surface area (Å²) in [5, 5.41) is 2.78. The maximum atomic E-state index is 12.5. The number of hydrogen-bond donors (Lipinski definition) is 2. The molecule has 1 aliphatic rings. The molecule has 2 aromatic rings. The minimum absolute atomic E-state index is 0.117. The molecule has 0 atom stereocenters. The summed E-state index contributed by atoms with van der Waals surface area (Å²) >= 11 is 3.84. The van der Waals surface area contributed by atoms with E-state index < -0.39 is 15.6 Å². The second-order valence-corrected chi connectivity index (χ2v) is 11.9. The summed E-state index contributed by atoms with van der Waals surface area (Å²) in [6.45, 7) is 5.34. The second-order valence-electron chi connectivity index (χ2n) is 7.53. The van der Waals surface area contributed by atoms with Gasteiger partial charge in [-0.15, -0.1) is 23.5 Å². The fraction of sp³-hybridized carbons (Fsp3) is 0.350. The first-order chi connectivity index (χ1) is 13.1. The minimum atomic E-state index is -3.66. The molecule has 1 heterocycles. The Kier molecular flexibility index (Phi) is 6.44. The minimum Gasteiger partial charge on any atom is -0.322 e. The molecule has 0 spiro atoms. The van der Waals surface area contributed by atoms with Crippen LogP contribution >= 0.6 is 23.5 Å². The Morgan fingerprint density at radius 1 is 1.04 bits per heavy atom. The van der Waals surface area contributed by atoms with Crippen molar-refractivity contribution in [1.29, 1.82) is 0 Å². The number of carbonyl (C=O) groups excluding carboxylic acids is 1. The number of nitrogens with one attached hydrogen (secondary N) is 2. The van der Waals surface area contributed by atoms with Gasteiger partial charge in [0, 0.05) is 28.3 Å². The molecule has 0 bridgehead atoms. The molecular weight excluding hydrogens is 412 g/mol. The highest BCUT2D eigenvalue weighted by Gasteiger charge is 2.22. The maximum Gasteiger partial charge on any atom is 0.255 e. The van der Waals surface area contributed by atoms with E-state index in [1.54, 1.807) is 32.9 Å². The Morgan fingerprint density at radius 2 is 1.68 bits per heavy atom. The van der Waals surface area contributed by atoms with Gasteiger partial charge in [-0.1, -0.05) is 18.2 Å². The summed E-state index contributed by atoms with van der Waals surface area (Å²) in [6, 6.07) is 13.9. The number of hydrogen-bond acceptors (Lipinski definition) is 5. The van der Waals surface area contributed by atoms with Crippen LogP contribution in [0.5, 0.6) is 0 Å². The quantitative estimate of drug-likeness (QED) is 0.722. The summed E-state index contributed by atoms with van der Waals surface area (Å²) in [5.41, 5.74) is 1.60. The molecule has 0 aromatic heterocycles. The Balaban J connectivity index is 1.72. The molecule has 5 nitrogen and oxygen atoms in total. The molecule has 0 radical (unpaired) electrons. The average molecular weight is 437 g/mol. The zero-order valence-corrected chi connectivity index (χ0v) is 18.5. The van der Waals surface area contributed by atoms with Crippen molar-refractivity contribution in [2.24, 2.45) is 0 Å². The van der Waals surface area contributed by atoms with E-state index in [1.165, 1.54) is 17.7 Å². The van der Waals surface area contributed by atoms with Gasteiger partial charge in [0.15, 0.2) is 0 Å². The lowest BCUT2D eigenvalue weighted by molar-refractivity contribution is 0.102. The van der Waals surface area contributed by atoms with Crippen molar-refractivity contribution in [3.8, 4) is 0 Å². The van der Waals surface area contributed by atoms with E-state index in [-0.39, 0.29) is 10.8 Å². The SMILES string of the molecule is CC(C)(C)NS(=O)(=O)c1cccc(NC(=O)c2ccc(C3SCCS3)cc2)c1. The Hall–Kier alpha value is -1.48. The van der Waals surface area contributed by atoms with E-state index in [4.69, 9.17) is 0 Å². The summed E-state index contributed by atoms with van der Waals surface area (Å²) < 4.78 is 28.0. The van der Waals surface area contributed by atoms with E-state index in [0.29, 0.717) is 15.8 Å². The van der Waals surface area contributed by atoms with E-state index in [0.717, 1.165) is 11.5 Å². The number of thioether (sulfide) groups is 2. The van der Waals surface area contributed by atoms with Crippen molar-refractivity contribution in [3.05, 3.63) is 59.7 Å². The van der Waals surface area contributed by atoms with Crippen LogP contribution in [0, 0.1) is 0 Å². The van der Waals surface area contributed by atoms with Gasteiger partial charge in [-0.2, -0.15) is 0 Å². The van der Waals surface area contributed by atoms with Crippen LogP contribution in [0.25, 0.3) is 0 Å². The van der Waals surface area contributed by atoms with Crippen LogP contribution < -0.4 is 10.0 Å². The monoisotopic (exact) mass is 436 g/mol. The van der Waals surface area contributed by atoms with Gasteiger partial charge >= 0.3 is 0 Å². The summed E-state index contributed by atoms with van der Waals surface area (Å²) in [6.07, 6.45) is 0. The highest BCUT2D eigenvalue weighted by molar-refractivity contribution is 8.19. The molecule has 1 aliphatic heterocycles. The highest BCUT2D eigenvalue weighted by atomic mass is 32.2. The smallest absolute Gasteiger partial charge is 0.255 e. The normalized spacial score (nSPS) is 15.5. The zero-order chi connectivity index (χ0) is 20.4. The van der Waals surface area contributed by atoms with Crippen molar-refractivity contribution in [3.63, 3.8) is 0 Å². The third-order valence-electron chi connectivity index (χ3n) is 3.91. The lowest BCUT2D eigenvalue weighted by Gasteiger charge is -2.20. The van der Waals surface area contributed by atoms with Crippen molar-refractivity contribution in [1.82, 2.24) is 4.72 Å². The molecule has 3 rings (SSSR count). The number of carbonyl (C=O) groups is 1. The van der Waals surface area contributed by atoms with Gasteiger partial charge in [0.25, 0.3) is 5.91 Å². The van der Waals surface area contributed by atoms with Crippen LogP contribution in [0.1, 0.15) is 41.3 Å². The molecule has 2 N–H and O–H groups in total. The first kappa shape index (κ1) is 21.2. The van der Waals surface area contributed by atoms with Crippen molar-refractivity contribution < 1.29 is 13.2 Å². The molecule has 0 aliphatic carbocycles. The number of anilines is 1. The number of amides is 1. The summed E-state index contributed by atoms with van der Waals surface area (Å²) in [7, 11) is -3.66. The lowest BCUT2D eigenvalue weighted by atomic mass is 10.1. The Labute approximate surface area is 175 Å². The summed E-state index contributed by atoms with van der Waals surface area (Å²) in [4.78, 5) is 12.7. The molecule has 8 heteroatoms. The average Bonchev–Trinajstić information content (AvgIpc) is 3.15. The van der Waals surface area contributed by atoms with Gasteiger partial charge in [0.1, 0.15) is 0 Å². The van der Waals surface area contributed by atoms with Crippen molar-refractivity contribution in [2.45, 2.75) is 35.8 Å². The van der Waals surface area contributed by atoms with Gasteiger partial charge in [-0.3, -0.25) is 4.79 Å². The van der Waals surface area contributed by atoms with E-state index in [1.807, 2.05) is 47.8 Å². The van der Waals surface area contributed by atoms with Crippen LogP contribution in [0.2, 0.25) is 0 Å². The molecule has 2 aromatic carbocycles. The Bertz CT molecular complexity index is 945. The molecule has 150 valence electrons. The highest BCUT2D eigenvalue weighted by Crippen LogP contribution is 2.45. The van der Waals surface area contributed by atoms with Gasteiger partial charge < -0.3 is 5.32 Å². The third kappa shape index (κ3) is 5.53. The standard InChI is InChI=1S/C20H24N2O3S3/c1-20(2,3)22-28(24,25)17-6-4-5-16(13-17)21-18(23)14-7-9-15(10-8-14)19-26-11-12-27-19/h4-10,13,19,22H,11-12H2,1-3H3,(H,21,23). The van der Waals surface area contributed by atoms with Crippen LogP contribution in [0.3, 0.4) is 0 Å². The summed E-state index contributed by atoms with van der Waals surface area (Å²) in [5.74, 6) is 2.04. The maximum absolute atomic E-state index is 12.5. The fourth-order valence-electron chi connectivity index (χ4n) is 2.75. The predicted octanol–water partition coefficient (Wildman–Crippen LogP) is 4.49. The van der Waals surface area contributed by atoms with Gasteiger partial charge in [-0.25, -0.2) is 13.1 Å². The lowest BCUT2D eigenvalue weighted by Crippen LogP contribution is -2.40. The van der Waals surface area contributed by atoms with Crippen molar-refractivity contribution in [2.75, 3.05) is 16.8 Å². The molecule has 28 heavy (non-hydrogen) atoms. The molecular formula is C20H24N2O3S3. The number of sulfonamides is 1. The molecule has 0 unspecified atom stereocenters. The first-order valence-electron chi connectivity index (χ1n) is 8.93. The van der Waals surface area contributed by atoms with Gasteiger partial charge in [-0.05, 0) is 56.7 Å².